The van der Waals surface area contributed by atoms with E-state index in [1.807, 2.05) is 0 Å². The molecule has 5 nitrogen and oxygen atoms in total. The van der Waals surface area contributed by atoms with Gasteiger partial charge in [0.2, 0.25) is 0 Å². The smallest absolute Gasteiger partial charge is 0.409 e. The highest BCUT2D eigenvalue weighted by atomic mass is 19.4. The SMILES string of the molecule is NC(=NO)c1cc(C(F)(F)F)ccc1N1CCC(O)C1. The Morgan fingerprint density at radius 1 is 1.40 bits per heavy atom. The molecule has 20 heavy (non-hydrogen) atoms. The van der Waals surface area contributed by atoms with Crippen LogP contribution in [0.4, 0.5) is 18.9 Å². The van der Waals surface area contributed by atoms with Crippen LogP contribution >= 0.6 is 0 Å². The number of halogens is 3. The summed E-state index contributed by atoms with van der Waals surface area (Å²) < 4.78 is 38.1. The third-order valence-corrected chi connectivity index (χ3v) is 3.21. The molecule has 0 spiro atoms. The van der Waals surface area contributed by atoms with E-state index >= 15 is 0 Å². The van der Waals surface area contributed by atoms with Crippen molar-refractivity contribution in [2.45, 2.75) is 18.7 Å². The summed E-state index contributed by atoms with van der Waals surface area (Å²) in [5, 5.41) is 21.0. The first-order valence-electron chi connectivity index (χ1n) is 5.95. The van der Waals surface area contributed by atoms with E-state index < -0.39 is 23.7 Å². The monoisotopic (exact) mass is 289 g/mol. The zero-order chi connectivity index (χ0) is 14.9. The second-order valence-electron chi connectivity index (χ2n) is 4.60. The number of amidine groups is 1. The molecule has 1 heterocycles. The Morgan fingerprint density at radius 3 is 2.60 bits per heavy atom. The van der Waals surface area contributed by atoms with Gasteiger partial charge in [0.25, 0.3) is 0 Å². The summed E-state index contributed by atoms with van der Waals surface area (Å²) in [5.74, 6) is -0.396. The molecule has 1 unspecified atom stereocenters. The van der Waals surface area contributed by atoms with Crippen molar-refractivity contribution in [1.29, 1.82) is 0 Å². The largest absolute Gasteiger partial charge is 0.416 e. The van der Waals surface area contributed by atoms with Gasteiger partial charge in [-0.1, -0.05) is 5.16 Å². The molecule has 1 saturated heterocycles. The van der Waals surface area contributed by atoms with E-state index in [9.17, 15) is 18.3 Å². The average molecular weight is 289 g/mol. The normalized spacial score (nSPS) is 20.5. The van der Waals surface area contributed by atoms with E-state index in [1.54, 1.807) is 4.90 Å². The minimum Gasteiger partial charge on any atom is -0.409 e. The first-order chi connectivity index (χ1) is 9.32. The number of anilines is 1. The molecular formula is C12H14F3N3O2. The molecule has 1 aliphatic heterocycles. The van der Waals surface area contributed by atoms with Gasteiger partial charge < -0.3 is 20.9 Å². The molecule has 0 radical (unpaired) electrons. The van der Waals surface area contributed by atoms with Gasteiger partial charge in [0.1, 0.15) is 0 Å². The van der Waals surface area contributed by atoms with Gasteiger partial charge in [0.05, 0.1) is 11.7 Å². The minimum atomic E-state index is -4.51. The summed E-state index contributed by atoms with van der Waals surface area (Å²) in [6, 6.07) is 3.05. The number of β-amino-alcohol motifs (C(OH)–C–C–N with tert-alkyl or cyclic N) is 1. The van der Waals surface area contributed by atoms with Crippen LogP contribution in [0.25, 0.3) is 0 Å². The number of hydrogen-bond donors (Lipinski definition) is 3. The number of nitrogens with two attached hydrogens (primary N) is 1. The van der Waals surface area contributed by atoms with Crippen molar-refractivity contribution in [2.75, 3.05) is 18.0 Å². The number of rotatable bonds is 2. The Balaban J connectivity index is 2.46. The molecule has 0 saturated carbocycles. The van der Waals surface area contributed by atoms with Crippen LogP contribution < -0.4 is 10.6 Å². The average Bonchev–Trinajstić information content (AvgIpc) is 2.82. The molecule has 110 valence electrons. The molecule has 1 aromatic carbocycles. The molecule has 1 aliphatic rings. The van der Waals surface area contributed by atoms with Gasteiger partial charge in [-0.15, -0.1) is 0 Å². The molecule has 8 heteroatoms. The van der Waals surface area contributed by atoms with Gasteiger partial charge in [-0.3, -0.25) is 0 Å². The Hall–Kier alpha value is -1.96. The van der Waals surface area contributed by atoms with Crippen LogP contribution in [0.2, 0.25) is 0 Å². The maximum absolute atomic E-state index is 12.7. The lowest BCUT2D eigenvalue weighted by atomic mass is 10.1. The maximum atomic E-state index is 12.7. The van der Waals surface area contributed by atoms with Crippen LogP contribution in [0.1, 0.15) is 17.5 Å². The number of aliphatic hydroxyl groups is 1. The third-order valence-electron chi connectivity index (χ3n) is 3.21. The van der Waals surface area contributed by atoms with Crippen molar-refractivity contribution in [3.05, 3.63) is 29.3 Å². The van der Waals surface area contributed by atoms with Gasteiger partial charge in [0, 0.05) is 24.3 Å². The zero-order valence-electron chi connectivity index (χ0n) is 10.4. The van der Waals surface area contributed by atoms with Crippen LogP contribution in [0.15, 0.2) is 23.4 Å². The van der Waals surface area contributed by atoms with E-state index in [0.717, 1.165) is 12.1 Å². The second-order valence-corrected chi connectivity index (χ2v) is 4.60. The van der Waals surface area contributed by atoms with E-state index in [4.69, 9.17) is 10.9 Å². The molecule has 0 bridgehead atoms. The molecule has 1 fully saturated rings. The topological polar surface area (TPSA) is 82.1 Å². The Labute approximate surface area is 113 Å². The van der Waals surface area contributed by atoms with Crippen molar-refractivity contribution in [1.82, 2.24) is 0 Å². The molecule has 0 aromatic heterocycles. The van der Waals surface area contributed by atoms with Crippen LogP contribution in [-0.4, -0.2) is 35.3 Å². The second kappa shape index (κ2) is 5.20. The lowest BCUT2D eigenvalue weighted by Crippen LogP contribution is -2.26. The van der Waals surface area contributed by atoms with E-state index in [1.165, 1.54) is 6.07 Å². The predicted octanol–water partition coefficient (Wildman–Crippen LogP) is 1.37. The Morgan fingerprint density at radius 2 is 2.10 bits per heavy atom. The highest BCUT2D eigenvalue weighted by molar-refractivity contribution is 6.02. The number of nitrogens with zero attached hydrogens (tertiary/aromatic N) is 2. The maximum Gasteiger partial charge on any atom is 0.416 e. The van der Waals surface area contributed by atoms with Crippen LogP contribution in [-0.2, 0) is 6.18 Å². The number of alkyl halides is 3. The standard InChI is InChI=1S/C12H14F3N3O2/c13-12(14,15)7-1-2-10(9(5-7)11(16)17-20)18-4-3-8(19)6-18/h1-2,5,8,19-20H,3-4,6H2,(H2,16,17). The van der Waals surface area contributed by atoms with E-state index in [0.29, 0.717) is 25.2 Å². The number of benzene rings is 1. The minimum absolute atomic E-state index is 0.00331. The van der Waals surface area contributed by atoms with Crippen molar-refractivity contribution in [3.8, 4) is 0 Å². The molecule has 2 rings (SSSR count). The van der Waals surface area contributed by atoms with Gasteiger partial charge in [-0.05, 0) is 24.6 Å². The molecule has 0 aliphatic carbocycles. The fraction of sp³-hybridized carbons (Fsp3) is 0.417. The molecule has 4 N–H and O–H groups in total. The lowest BCUT2D eigenvalue weighted by molar-refractivity contribution is -0.137. The molecule has 1 atom stereocenters. The quantitative estimate of drug-likeness (QED) is 0.332. The number of oxime groups is 1. The Bertz CT molecular complexity index is 531. The summed E-state index contributed by atoms with van der Waals surface area (Å²) >= 11 is 0. The van der Waals surface area contributed by atoms with Crippen molar-refractivity contribution < 1.29 is 23.5 Å². The lowest BCUT2D eigenvalue weighted by Gasteiger charge is -2.22. The van der Waals surface area contributed by atoms with Gasteiger partial charge in [0.15, 0.2) is 5.84 Å². The van der Waals surface area contributed by atoms with E-state index in [2.05, 4.69) is 5.16 Å². The van der Waals surface area contributed by atoms with Gasteiger partial charge in [-0.2, -0.15) is 13.2 Å². The summed E-state index contributed by atoms with van der Waals surface area (Å²) in [6.45, 7) is 0.801. The Kier molecular flexibility index (Phi) is 3.76. The molecule has 1 aromatic rings. The summed E-state index contributed by atoms with van der Waals surface area (Å²) in [6.07, 6.45) is -4.51. The number of hydrogen-bond acceptors (Lipinski definition) is 4. The molecule has 0 amide bonds. The highest BCUT2D eigenvalue weighted by Gasteiger charge is 2.32. The van der Waals surface area contributed by atoms with Crippen molar-refractivity contribution >= 4 is 11.5 Å². The van der Waals surface area contributed by atoms with Crippen molar-refractivity contribution in [2.24, 2.45) is 10.9 Å². The van der Waals surface area contributed by atoms with Crippen LogP contribution in [0.3, 0.4) is 0 Å². The highest BCUT2D eigenvalue weighted by Crippen LogP contribution is 2.33. The van der Waals surface area contributed by atoms with E-state index in [-0.39, 0.29) is 5.56 Å². The fourth-order valence-electron chi connectivity index (χ4n) is 2.21. The first kappa shape index (κ1) is 14.4. The predicted molar refractivity (Wildman–Crippen MR) is 66.8 cm³/mol. The van der Waals surface area contributed by atoms with Crippen LogP contribution in [0, 0.1) is 0 Å². The van der Waals surface area contributed by atoms with Gasteiger partial charge >= 0.3 is 6.18 Å². The van der Waals surface area contributed by atoms with Crippen molar-refractivity contribution in [3.63, 3.8) is 0 Å². The third kappa shape index (κ3) is 2.79. The first-order valence-corrected chi connectivity index (χ1v) is 5.95. The summed E-state index contributed by atoms with van der Waals surface area (Å²) in [5.41, 5.74) is 4.98. The van der Waals surface area contributed by atoms with Crippen LogP contribution in [0.5, 0.6) is 0 Å². The van der Waals surface area contributed by atoms with Gasteiger partial charge in [-0.25, -0.2) is 0 Å². The summed E-state index contributed by atoms with van der Waals surface area (Å²) in [7, 11) is 0. The fourth-order valence-corrected chi connectivity index (χ4v) is 2.21. The molecular weight excluding hydrogens is 275 g/mol. The number of aliphatic hydroxyl groups excluding tert-OH is 1. The zero-order valence-corrected chi connectivity index (χ0v) is 10.4. The summed E-state index contributed by atoms with van der Waals surface area (Å²) in [4.78, 5) is 1.71.